The van der Waals surface area contributed by atoms with Crippen LogP contribution in [0.2, 0.25) is 0 Å². The molecule has 0 bridgehead atoms. The minimum Gasteiger partial charge on any atom is -0.311 e. The Morgan fingerprint density at radius 3 is 2.62 bits per heavy atom. The summed E-state index contributed by atoms with van der Waals surface area (Å²) in [6, 6.07) is 8.00. The van der Waals surface area contributed by atoms with Crippen molar-refractivity contribution < 1.29 is 4.79 Å². The van der Waals surface area contributed by atoms with Crippen LogP contribution in [0.4, 0.5) is 5.82 Å². The van der Waals surface area contributed by atoms with Crippen molar-refractivity contribution in [3.8, 4) is 0 Å². The number of nitrogens with zero attached hydrogens (tertiary/aromatic N) is 1. The molecule has 0 spiro atoms. The third-order valence-corrected chi connectivity index (χ3v) is 4.04. The highest BCUT2D eigenvalue weighted by Gasteiger charge is 2.33. The van der Waals surface area contributed by atoms with Crippen molar-refractivity contribution in [2.24, 2.45) is 0 Å². The maximum atomic E-state index is 12.4. The molecule has 1 atom stereocenters. The second-order valence-electron chi connectivity index (χ2n) is 5.83. The number of carbonyl (C=O) groups excluding carboxylic acids is 1. The molecule has 2 aromatic rings. The normalized spacial score (nSPS) is 17.7. The highest BCUT2D eigenvalue weighted by Crippen LogP contribution is 2.36. The molecule has 3 rings (SSSR count). The minimum absolute atomic E-state index is 0.0517. The summed E-state index contributed by atoms with van der Waals surface area (Å²) >= 11 is 0. The Labute approximate surface area is 123 Å². The summed E-state index contributed by atoms with van der Waals surface area (Å²) in [6.45, 7) is 5.95. The first-order valence-corrected chi connectivity index (χ1v) is 7.18. The zero-order valence-corrected chi connectivity index (χ0v) is 12.4. The van der Waals surface area contributed by atoms with Crippen LogP contribution in [-0.2, 0) is 4.79 Å². The fraction of sp³-hybridized carbons (Fsp3) is 0.375. The molecule has 5 nitrogen and oxygen atoms in total. The lowest BCUT2D eigenvalue weighted by Crippen LogP contribution is -2.27. The molecule has 1 unspecified atom stereocenters. The van der Waals surface area contributed by atoms with Gasteiger partial charge < -0.3 is 5.32 Å². The number of amides is 1. The number of hydrogen-bond donors (Lipinski definition) is 2. The van der Waals surface area contributed by atoms with E-state index in [1.54, 1.807) is 4.68 Å². The molecule has 110 valence electrons. The number of aromatic amines is 1. The van der Waals surface area contributed by atoms with E-state index in [9.17, 15) is 9.59 Å². The van der Waals surface area contributed by atoms with E-state index in [2.05, 4.69) is 10.4 Å². The van der Waals surface area contributed by atoms with E-state index < -0.39 is 0 Å². The smallest absolute Gasteiger partial charge is 0.270 e. The van der Waals surface area contributed by atoms with Crippen LogP contribution >= 0.6 is 0 Å². The highest BCUT2D eigenvalue weighted by atomic mass is 16.2. The Bertz CT molecular complexity index is 755. The van der Waals surface area contributed by atoms with Gasteiger partial charge in [-0.05, 0) is 31.9 Å². The van der Waals surface area contributed by atoms with Crippen LogP contribution in [0.25, 0.3) is 0 Å². The van der Waals surface area contributed by atoms with Gasteiger partial charge >= 0.3 is 0 Å². The van der Waals surface area contributed by atoms with Gasteiger partial charge in [0.05, 0.1) is 5.56 Å². The second-order valence-corrected chi connectivity index (χ2v) is 5.83. The van der Waals surface area contributed by atoms with Gasteiger partial charge in [-0.25, -0.2) is 0 Å². The average molecular weight is 285 g/mol. The van der Waals surface area contributed by atoms with E-state index in [0.29, 0.717) is 17.8 Å². The molecule has 1 aromatic heterocycles. The van der Waals surface area contributed by atoms with Crippen LogP contribution < -0.4 is 10.9 Å². The zero-order chi connectivity index (χ0) is 15.1. The van der Waals surface area contributed by atoms with Gasteiger partial charge in [0.2, 0.25) is 5.91 Å². The van der Waals surface area contributed by atoms with Crippen molar-refractivity contribution in [1.29, 1.82) is 0 Å². The number of aryl methyl sites for hydroxylation is 1. The van der Waals surface area contributed by atoms with Crippen LogP contribution in [0, 0.1) is 6.92 Å². The number of benzene rings is 1. The molecule has 0 saturated heterocycles. The molecule has 1 aliphatic rings. The average Bonchev–Trinajstić information content (AvgIpc) is 2.76. The lowest BCUT2D eigenvalue weighted by Gasteiger charge is -2.25. The van der Waals surface area contributed by atoms with Crippen molar-refractivity contribution in [3.63, 3.8) is 0 Å². The van der Waals surface area contributed by atoms with Crippen LogP contribution in [0.15, 0.2) is 29.1 Å². The summed E-state index contributed by atoms with van der Waals surface area (Å²) in [6.07, 6.45) is 0.309. The monoisotopic (exact) mass is 285 g/mol. The number of carbonyl (C=O) groups is 1. The maximum absolute atomic E-state index is 12.4. The molecule has 0 aliphatic carbocycles. The van der Waals surface area contributed by atoms with Gasteiger partial charge in [-0.3, -0.25) is 19.4 Å². The quantitative estimate of drug-likeness (QED) is 0.890. The van der Waals surface area contributed by atoms with Crippen LogP contribution in [0.1, 0.15) is 48.9 Å². The molecule has 1 amide bonds. The molecule has 1 aromatic carbocycles. The maximum Gasteiger partial charge on any atom is 0.270 e. The first kappa shape index (κ1) is 13.7. The van der Waals surface area contributed by atoms with E-state index in [-0.39, 0.29) is 23.4 Å². The largest absolute Gasteiger partial charge is 0.311 e. The van der Waals surface area contributed by atoms with Crippen molar-refractivity contribution in [3.05, 3.63) is 51.3 Å². The van der Waals surface area contributed by atoms with E-state index >= 15 is 0 Å². The summed E-state index contributed by atoms with van der Waals surface area (Å²) in [5.74, 6) is 0.377. The third-order valence-electron chi connectivity index (χ3n) is 4.04. The van der Waals surface area contributed by atoms with E-state index in [0.717, 1.165) is 11.1 Å². The lowest BCUT2D eigenvalue weighted by molar-refractivity contribution is -0.116. The number of H-pyrrole nitrogens is 1. The van der Waals surface area contributed by atoms with Gasteiger partial charge in [-0.1, -0.05) is 24.3 Å². The number of nitrogens with one attached hydrogen (secondary N) is 2. The molecule has 0 fully saturated rings. The summed E-state index contributed by atoms with van der Waals surface area (Å²) in [5, 5.41) is 5.68. The topological polar surface area (TPSA) is 66.9 Å². The molecule has 0 radical (unpaired) electrons. The molecular weight excluding hydrogens is 266 g/mol. The summed E-state index contributed by atoms with van der Waals surface area (Å²) in [5.41, 5.74) is 2.69. The van der Waals surface area contributed by atoms with Gasteiger partial charge in [0.1, 0.15) is 5.82 Å². The fourth-order valence-corrected chi connectivity index (χ4v) is 3.01. The minimum atomic E-state index is -0.182. The number of aromatic nitrogens is 2. The molecule has 2 heterocycles. The van der Waals surface area contributed by atoms with Crippen molar-refractivity contribution in [1.82, 2.24) is 9.78 Å². The standard InChI is InChI=1S/C16H19N3O2/c1-9(2)19-15-14(16(21)18-19)12(8-13(20)17-15)11-7-5-4-6-10(11)3/h4-7,9,12H,8H2,1-3H3,(H,17,20)(H,18,21). The Hall–Kier alpha value is -2.30. The first-order chi connectivity index (χ1) is 9.99. The van der Waals surface area contributed by atoms with Crippen molar-refractivity contribution in [2.45, 2.75) is 39.2 Å². The molecular formula is C16H19N3O2. The van der Waals surface area contributed by atoms with Crippen LogP contribution in [0.3, 0.4) is 0 Å². The molecule has 1 aliphatic heterocycles. The van der Waals surface area contributed by atoms with Gasteiger partial charge in [-0.15, -0.1) is 0 Å². The number of hydrogen-bond acceptors (Lipinski definition) is 2. The Morgan fingerprint density at radius 1 is 1.24 bits per heavy atom. The number of anilines is 1. The van der Waals surface area contributed by atoms with Gasteiger partial charge in [-0.2, -0.15) is 0 Å². The third kappa shape index (κ3) is 2.18. The second kappa shape index (κ2) is 4.91. The van der Waals surface area contributed by atoms with Crippen LogP contribution in [-0.4, -0.2) is 15.7 Å². The van der Waals surface area contributed by atoms with Gasteiger partial charge in [0.25, 0.3) is 5.56 Å². The number of rotatable bonds is 2. The molecule has 5 heteroatoms. The Morgan fingerprint density at radius 2 is 1.95 bits per heavy atom. The highest BCUT2D eigenvalue weighted by molar-refractivity contribution is 5.94. The first-order valence-electron chi connectivity index (χ1n) is 7.18. The molecule has 0 saturated carbocycles. The predicted molar refractivity (Wildman–Crippen MR) is 81.7 cm³/mol. The Kier molecular flexibility index (Phi) is 3.20. The van der Waals surface area contributed by atoms with Crippen LogP contribution in [0.5, 0.6) is 0 Å². The predicted octanol–water partition coefficient (Wildman–Crippen LogP) is 2.54. The molecule has 21 heavy (non-hydrogen) atoms. The zero-order valence-electron chi connectivity index (χ0n) is 12.4. The molecule has 2 N–H and O–H groups in total. The summed E-state index contributed by atoms with van der Waals surface area (Å²) in [4.78, 5) is 24.4. The van der Waals surface area contributed by atoms with E-state index in [1.165, 1.54) is 0 Å². The van der Waals surface area contributed by atoms with Gasteiger partial charge in [0, 0.05) is 18.4 Å². The number of fused-ring (bicyclic) bond motifs is 1. The lowest BCUT2D eigenvalue weighted by atomic mass is 9.85. The Balaban J connectivity index is 2.21. The van der Waals surface area contributed by atoms with Gasteiger partial charge in [0.15, 0.2) is 0 Å². The summed E-state index contributed by atoms with van der Waals surface area (Å²) < 4.78 is 1.74. The van der Waals surface area contributed by atoms with Crippen molar-refractivity contribution >= 4 is 11.7 Å². The van der Waals surface area contributed by atoms with E-state index in [1.807, 2.05) is 45.0 Å². The van der Waals surface area contributed by atoms with Crippen molar-refractivity contribution in [2.75, 3.05) is 5.32 Å². The van der Waals surface area contributed by atoms with E-state index in [4.69, 9.17) is 0 Å². The SMILES string of the molecule is Cc1ccccc1C1CC(=O)Nc2c1c(=O)[nH]n2C(C)C. The summed E-state index contributed by atoms with van der Waals surface area (Å²) in [7, 11) is 0. The fourth-order valence-electron chi connectivity index (χ4n) is 3.01.